The summed E-state index contributed by atoms with van der Waals surface area (Å²) in [6.07, 6.45) is 0. The van der Waals surface area contributed by atoms with Crippen LogP contribution >= 0.6 is 0 Å². The number of hydrogen-bond donors (Lipinski definition) is 3. The average molecular weight is 379 g/mol. The molecule has 0 aliphatic heterocycles. The third kappa shape index (κ3) is 5.53. The maximum Gasteiger partial charge on any atom is 0.246 e. The van der Waals surface area contributed by atoms with Crippen molar-refractivity contribution in [3.8, 4) is 0 Å². The van der Waals surface area contributed by atoms with E-state index in [1.54, 1.807) is 32.9 Å². The van der Waals surface area contributed by atoms with Crippen LogP contribution in [0.3, 0.4) is 0 Å². The number of anilines is 2. The van der Waals surface area contributed by atoms with Gasteiger partial charge in [-0.25, -0.2) is 17.5 Å². The Bertz CT molecular complexity index is 850. The Labute approximate surface area is 152 Å². The number of halogens is 1. The van der Waals surface area contributed by atoms with E-state index in [2.05, 4.69) is 15.4 Å². The van der Waals surface area contributed by atoms with E-state index in [0.717, 1.165) is 0 Å². The highest BCUT2D eigenvalue weighted by Crippen LogP contribution is 2.15. The minimum atomic E-state index is -3.57. The predicted octanol–water partition coefficient (Wildman–Crippen LogP) is 2.95. The van der Waals surface area contributed by atoms with E-state index in [-0.39, 0.29) is 22.7 Å². The zero-order valence-electron chi connectivity index (χ0n) is 14.8. The lowest BCUT2D eigenvalue weighted by atomic mass is 10.2. The van der Waals surface area contributed by atoms with Gasteiger partial charge in [-0.05, 0) is 69.3 Å². The Balaban J connectivity index is 1.99. The fourth-order valence-corrected chi connectivity index (χ4v) is 3.46. The number of rotatable bonds is 7. The lowest BCUT2D eigenvalue weighted by molar-refractivity contribution is -0.116. The average Bonchev–Trinajstić information content (AvgIpc) is 2.56. The molecule has 6 nitrogen and oxygen atoms in total. The Hall–Kier alpha value is -2.45. The number of benzene rings is 2. The summed E-state index contributed by atoms with van der Waals surface area (Å²) in [6.45, 7) is 5.15. The Kier molecular flexibility index (Phi) is 6.33. The van der Waals surface area contributed by atoms with Gasteiger partial charge in [-0.1, -0.05) is 0 Å². The molecule has 0 saturated heterocycles. The van der Waals surface area contributed by atoms with E-state index in [4.69, 9.17) is 0 Å². The van der Waals surface area contributed by atoms with E-state index < -0.39 is 16.1 Å². The first kappa shape index (κ1) is 19.9. The van der Waals surface area contributed by atoms with Gasteiger partial charge in [0.2, 0.25) is 15.9 Å². The van der Waals surface area contributed by atoms with Gasteiger partial charge in [0.1, 0.15) is 11.9 Å². The van der Waals surface area contributed by atoms with Gasteiger partial charge >= 0.3 is 0 Å². The van der Waals surface area contributed by atoms with Crippen molar-refractivity contribution in [2.45, 2.75) is 37.8 Å². The second kappa shape index (κ2) is 8.29. The van der Waals surface area contributed by atoms with Crippen LogP contribution in [0.5, 0.6) is 0 Å². The second-order valence-corrected chi connectivity index (χ2v) is 7.88. The van der Waals surface area contributed by atoms with Gasteiger partial charge < -0.3 is 10.6 Å². The molecule has 0 radical (unpaired) electrons. The van der Waals surface area contributed by atoms with E-state index in [9.17, 15) is 17.6 Å². The molecule has 0 spiro atoms. The number of sulfonamides is 1. The largest absolute Gasteiger partial charge is 0.374 e. The molecule has 2 aromatic rings. The first-order chi connectivity index (χ1) is 12.2. The number of carbonyl (C=O) groups is 1. The molecular weight excluding hydrogens is 357 g/mol. The van der Waals surface area contributed by atoms with Crippen molar-refractivity contribution in [1.29, 1.82) is 0 Å². The summed E-state index contributed by atoms with van der Waals surface area (Å²) in [5.74, 6) is -0.653. The van der Waals surface area contributed by atoms with Crippen molar-refractivity contribution >= 4 is 27.3 Å². The third-order valence-corrected chi connectivity index (χ3v) is 5.12. The maximum absolute atomic E-state index is 12.9. The molecule has 0 saturated carbocycles. The van der Waals surface area contributed by atoms with Gasteiger partial charge in [0.05, 0.1) is 4.90 Å². The molecule has 3 N–H and O–H groups in total. The molecule has 0 aliphatic carbocycles. The fourth-order valence-electron chi connectivity index (χ4n) is 2.21. The summed E-state index contributed by atoms with van der Waals surface area (Å²) < 4.78 is 39.5. The van der Waals surface area contributed by atoms with Crippen LogP contribution in [-0.2, 0) is 14.8 Å². The smallest absolute Gasteiger partial charge is 0.246 e. The van der Waals surface area contributed by atoms with Gasteiger partial charge in [-0.3, -0.25) is 4.79 Å². The summed E-state index contributed by atoms with van der Waals surface area (Å²) in [6, 6.07) is 10.8. The Morgan fingerprint density at radius 2 is 1.46 bits per heavy atom. The summed E-state index contributed by atoms with van der Waals surface area (Å²) in [5, 5.41) is 5.66. The predicted molar refractivity (Wildman–Crippen MR) is 100 cm³/mol. The molecule has 0 heterocycles. The van der Waals surface area contributed by atoms with Crippen molar-refractivity contribution in [1.82, 2.24) is 4.72 Å². The van der Waals surface area contributed by atoms with Crippen LogP contribution in [0.2, 0.25) is 0 Å². The molecule has 0 aliphatic rings. The van der Waals surface area contributed by atoms with Crippen LogP contribution in [-0.4, -0.2) is 26.4 Å². The quantitative estimate of drug-likeness (QED) is 0.690. The van der Waals surface area contributed by atoms with Crippen LogP contribution in [0, 0.1) is 5.82 Å². The van der Waals surface area contributed by atoms with Gasteiger partial charge in [-0.15, -0.1) is 0 Å². The number of hydrogen-bond acceptors (Lipinski definition) is 4. The normalized spacial score (nSPS) is 12.7. The molecule has 8 heteroatoms. The lowest BCUT2D eigenvalue weighted by Crippen LogP contribution is -2.32. The highest BCUT2D eigenvalue weighted by Gasteiger charge is 2.16. The van der Waals surface area contributed by atoms with Crippen LogP contribution in [0.15, 0.2) is 53.4 Å². The molecule has 0 unspecified atom stereocenters. The minimum Gasteiger partial charge on any atom is -0.374 e. The molecule has 1 atom stereocenters. The highest BCUT2D eigenvalue weighted by atomic mass is 32.2. The zero-order valence-corrected chi connectivity index (χ0v) is 15.6. The van der Waals surface area contributed by atoms with Crippen molar-refractivity contribution < 1.29 is 17.6 Å². The Morgan fingerprint density at radius 1 is 0.923 bits per heavy atom. The van der Waals surface area contributed by atoms with Crippen LogP contribution in [0.25, 0.3) is 0 Å². The maximum atomic E-state index is 12.9. The third-order valence-electron chi connectivity index (χ3n) is 3.44. The van der Waals surface area contributed by atoms with Crippen molar-refractivity contribution in [3.05, 3.63) is 54.3 Å². The van der Waals surface area contributed by atoms with Crippen molar-refractivity contribution in [2.24, 2.45) is 0 Å². The molecule has 26 heavy (non-hydrogen) atoms. The van der Waals surface area contributed by atoms with Gasteiger partial charge in [0.25, 0.3) is 0 Å². The van der Waals surface area contributed by atoms with E-state index in [1.165, 1.54) is 36.4 Å². The molecule has 0 bridgehead atoms. The zero-order chi connectivity index (χ0) is 19.3. The first-order valence-corrected chi connectivity index (χ1v) is 9.61. The number of amides is 1. The molecule has 140 valence electrons. The summed E-state index contributed by atoms with van der Waals surface area (Å²) in [5.41, 5.74) is 1.10. The molecule has 2 rings (SSSR count). The molecular formula is C18H22FN3O3S. The Morgan fingerprint density at radius 3 is 2.00 bits per heavy atom. The highest BCUT2D eigenvalue weighted by molar-refractivity contribution is 7.89. The number of nitrogens with one attached hydrogen (secondary N) is 3. The lowest BCUT2D eigenvalue weighted by Gasteiger charge is -2.15. The molecule has 0 aromatic heterocycles. The monoisotopic (exact) mass is 379 g/mol. The molecule has 1 amide bonds. The minimum absolute atomic E-state index is 0.127. The van der Waals surface area contributed by atoms with Crippen molar-refractivity contribution in [3.63, 3.8) is 0 Å². The molecule has 2 aromatic carbocycles. The first-order valence-electron chi connectivity index (χ1n) is 8.13. The van der Waals surface area contributed by atoms with Gasteiger partial charge in [0.15, 0.2) is 0 Å². The van der Waals surface area contributed by atoms with Gasteiger partial charge in [0, 0.05) is 17.4 Å². The summed E-state index contributed by atoms with van der Waals surface area (Å²) in [4.78, 5) is 12.4. The van der Waals surface area contributed by atoms with Crippen LogP contribution in [0.1, 0.15) is 20.8 Å². The van der Waals surface area contributed by atoms with Crippen LogP contribution < -0.4 is 15.4 Å². The van der Waals surface area contributed by atoms with E-state index in [1.807, 2.05) is 0 Å². The van der Waals surface area contributed by atoms with E-state index in [0.29, 0.717) is 11.4 Å². The number of carbonyl (C=O) groups excluding carboxylic acids is 1. The van der Waals surface area contributed by atoms with Gasteiger partial charge in [-0.2, -0.15) is 0 Å². The topological polar surface area (TPSA) is 87.3 Å². The molecule has 0 fully saturated rings. The standard InChI is InChI=1S/C18H22FN3O3S/c1-12(2)22-26(24,25)17-10-8-16(9-11-17)21-18(23)13(3)20-15-6-4-14(19)5-7-15/h4-13,20,22H,1-3H3,(H,21,23)/t13-/m1/s1. The second-order valence-electron chi connectivity index (χ2n) is 6.16. The van der Waals surface area contributed by atoms with E-state index >= 15 is 0 Å². The summed E-state index contributed by atoms with van der Waals surface area (Å²) >= 11 is 0. The SMILES string of the molecule is CC(C)NS(=O)(=O)c1ccc(NC(=O)[C@@H](C)Nc2ccc(F)cc2)cc1. The van der Waals surface area contributed by atoms with Crippen LogP contribution in [0.4, 0.5) is 15.8 Å². The fraction of sp³-hybridized carbons (Fsp3) is 0.278. The summed E-state index contributed by atoms with van der Waals surface area (Å²) in [7, 11) is -3.57. The van der Waals surface area contributed by atoms with Crippen molar-refractivity contribution in [2.75, 3.05) is 10.6 Å².